The van der Waals surface area contributed by atoms with Crippen molar-refractivity contribution in [2.45, 2.75) is 20.0 Å². The Kier molecular flexibility index (Phi) is 5.15. The lowest BCUT2D eigenvalue weighted by molar-refractivity contribution is 0.0952. The number of rotatable bonds is 6. The van der Waals surface area contributed by atoms with Crippen molar-refractivity contribution in [2.24, 2.45) is 0 Å². The number of carbonyl (C=O) groups excluding carboxylic acids is 1. The lowest BCUT2D eigenvalue weighted by atomic mass is 10.1. The molecule has 0 unspecified atom stereocenters. The van der Waals surface area contributed by atoms with Crippen LogP contribution in [0.3, 0.4) is 0 Å². The van der Waals surface area contributed by atoms with Gasteiger partial charge in [-0.3, -0.25) is 19.1 Å². The second kappa shape index (κ2) is 8.05. The molecule has 0 bridgehead atoms. The summed E-state index contributed by atoms with van der Waals surface area (Å²) in [5.74, 6) is -0.183. The zero-order valence-electron chi connectivity index (χ0n) is 15.9. The third-order valence-corrected chi connectivity index (χ3v) is 4.78. The summed E-state index contributed by atoms with van der Waals surface area (Å²) in [5, 5.41) is 7.56. The van der Waals surface area contributed by atoms with E-state index in [2.05, 4.69) is 20.4 Å². The molecule has 1 amide bonds. The number of benzene rings is 1. The van der Waals surface area contributed by atoms with Crippen LogP contribution in [0.5, 0.6) is 0 Å². The summed E-state index contributed by atoms with van der Waals surface area (Å²) in [6.45, 7) is 3.26. The fourth-order valence-corrected chi connectivity index (χ4v) is 3.13. The smallest absolute Gasteiger partial charge is 0.264 e. The highest BCUT2D eigenvalue weighted by atomic mass is 16.1. The highest BCUT2D eigenvalue weighted by molar-refractivity contribution is 5.93. The molecule has 0 radical (unpaired) electrons. The molecule has 29 heavy (non-hydrogen) atoms. The maximum absolute atomic E-state index is 12.8. The van der Waals surface area contributed by atoms with Crippen LogP contribution in [0.2, 0.25) is 0 Å². The van der Waals surface area contributed by atoms with Gasteiger partial charge in [-0.2, -0.15) is 5.10 Å². The molecule has 0 saturated carbocycles. The highest BCUT2D eigenvalue weighted by Crippen LogP contribution is 2.10. The Morgan fingerprint density at radius 1 is 1.14 bits per heavy atom. The number of hydrogen-bond acceptors (Lipinski definition) is 5. The van der Waals surface area contributed by atoms with E-state index in [0.29, 0.717) is 36.2 Å². The van der Waals surface area contributed by atoms with Gasteiger partial charge in [0.1, 0.15) is 11.7 Å². The summed E-state index contributed by atoms with van der Waals surface area (Å²) < 4.78 is 3.21. The van der Waals surface area contributed by atoms with Crippen molar-refractivity contribution in [1.29, 1.82) is 0 Å². The van der Waals surface area contributed by atoms with Gasteiger partial charge in [0.05, 0.1) is 19.3 Å². The average molecular weight is 388 g/mol. The molecule has 146 valence electrons. The molecule has 3 aromatic heterocycles. The van der Waals surface area contributed by atoms with Gasteiger partial charge >= 0.3 is 0 Å². The van der Waals surface area contributed by atoms with Gasteiger partial charge in [0, 0.05) is 24.5 Å². The molecule has 8 heteroatoms. The predicted molar refractivity (Wildman–Crippen MR) is 109 cm³/mol. The van der Waals surface area contributed by atoms with E-state index in [1.165, 1.54) is 6.20 Å². The van der Waals surface area contributed by atoms with E-state index in [9.17, 15) is 9.59 Å². The topological polar surface area (TPSA) is 94.7 Å². The molecule has 1 aromatic carbocycles. The number of amides is 1. The molecule has 0 aliphatic heterocycles. The Morgan fingerprint density at radius 2 is 1.93 bits per heavy atom. The van der Waals surface area contributed by atoms with Crippen LogP contribution >= 0.6 is 0 Å². The van der Waals surface area contributed by atoms with Gasteiger partial charge in [-0.1, -0.05) is 24.3 Å². The molecule has 0 saturated heterocycles. The van der Waals surface area contributed by atoms with Crippen molar-refractivity contribution in [1.82, 2.24) is 29.6 Å². The average Bonchev–Trinajstić information content (AvgIpc) is 3.16. The number of fused-ring (bicyclic) bond motifs is 1. The van der Waals surface area contributed by atoms with E-state index in [0.717, 1.165) is 11.1 Å². The van der Waals surface area contributed by atoms with E-state index in [4.69, 9.17) is 0 Å². The third-order valence-electron chi connectivity index (χ3n) is 4.78. The van der Waals surface area contributed by atoms with E-state index in [1.54, 1.807) is 40.1 Å². The lowest BCUT2D eigenvalue weighted by Gasteiger charge is -2.09. The standard InChI is InChI=1S/C21H20N6O2/c1-15-4-2-3-5-17(15)13-26-14-24-19-18(21(26)29)12-25-27(19)11-10-23-20(28)16-6-8-22-9-7-16/h2-9,12,14H,10-11,13H2,1H3,(H,23,28). The van der Waals surface area contributed by atoms with Crippen LogP contribution in [0.15, 0.2) is 66.1 Å². The number of aromatic nitrogens is 5. The Labute approximate surface area is 166 Å². The Balaban J connectivity index is 1.48. The Morgan fingerprint density at radius 3 is 2.72 bits per heavy atom. The number of nitrogens with zero attached hydrogens (tertiary/aromatic N) is 5. The SMILES string of the molecule is Cc1ccccc1Cn1cnc2c(cnn2CCNC(=O)c2ccncc2)c1=O. The van der Waals surface area contributed by atoms with Crippen molar-refractivity contribution in [3.63, 3.8) is 0 Å². The molecule has 0 spiro atoms. The van der Waals surface area contributed by atoms with Crippen molar-refractivity contribution in [3.05, 3.63) is 88.4 Å². The van der Waals surface area contributed by atoms with Gasteiger partial charge in [0.15, 0.2) is 5.65 Å². The number of carbonyl (C=O) groups is 1. The first-order chi connectivity index (χ1) is 14.1. The van der Waals surface area contributed by atoms with Crippen LogP contribution in [0.4, 0.5) is 0 Å². The molecule has 8 nitrogen and oxygen atoms in total. The van der Waals surface area contributed by atoms with E-state index >= 15 is 0 Å². The molecule has 0 aliphatic carbocycles. The van der Waals surface area contributed by atoms with Crippen LogP contribution < -0.4 is 10.9 Å². The van der Waals surface area contributed by atoms with Crippen LogP contribution in [0.25, 0.3) is 11.0 Å². The molecular formula is C21H20N6O2. The largest absolute Gasteiger partial charge is 0.350 e. The van der Waals surface area contributed by atoms with E-state index in [-0.39, 0.29) is 11.5 Å². The molecule has 0 aliphatic rings. The van der Waals surface area contributed by atoms with Gasteiger partial charge in [-0.05, 0) is 30.2 Å². The van der Waals surface area contributed by atoms with E-state index in [1.807, 2.05) is 31.2 Å². The summed E-state index contributed by atoms with van der Waals surface area (Å²) in [5.41, 5.74) is 3.11. The maximum atomic E-state index is 12.8. The molecular weight excluding hydrogens is 368 g/mol. The fourth-order valence-electron chi connectivity index (χ4n) is 3.13. The number of aryl methyl sites for hydroxylation is 1. The minimum atomic E-state index is -0.183. The van der Waals surface area contributed by atoms with Crippen molar-refractivity contribution < 1.29 is 4.79 Å². The summed E-state index contributed by atoms with van der Waals surface area (Å²) in [4.78, 5) is 33.2. The molecule has 1 N–H and O–H groups in total. The van der Waals surface area contributed by atoms with Crippen molar-refractivity contribution in [2.75, 3.05) is 6.54 Å². The van der Waals surface area contributed by atoms with Gasteiger partial charge in [0.2, 0.25) is 0 Å². The van der Waals surface area contributed by atoms with Gasteiger partial charge in [-0.15, -0.1) is 0 Å². The van der Waals surface area contributed by atoms with Gasteiger partial charge in [0.25, 0.3) is 11.5 Å². The molecule has 0 fully saturated rings. The van der Waals surface area contributed by atoms with Gasteiger partial charge in [-0.25, -0.2) is 9.67 Å². The Hall–Kier alpha value is -3.81. The first-order valence-electron chi connectivity index (χ1n) is 9.27. The zero-order chi connectivity index (χ0) is 20.2. The van der Waals surface area contributed by atoms with Crippen LogP contribution in [-0.4, -0.2) is 36.8 Å². The molecule has 0 atom stereocenters. The second-order valence-electron chi connectivity index (χ2n) is 6.70. The normalized spacial score (nSPS) is 10.9. The minimum Gasteiger partial charge on any atom is -0.350 e. The fraction of sp³-hybridized carbons (Fsp3) is 0.190. The lowest BCUT2D eigenvalue weighted by Crippen LogP contribution is -2.27. The van der Waals surface area contributed by atoms with Crippen molar-refractivity contribution in [3.8, 4) is 0 Å². The maximum Gasteiger partial charge on any atom is 0.264 e. The summed E-state index contributed by atoms with van der Waals surface area (Å²) >= 11 is 0. The van der Waals surface area contributed by atoms with Crippen LogP contribution in [0, 0.1) is 6.92 Å². The monoisotopic (exact) mass is 388 g/mol. The van der Waals surface area contributed by atoms with E-state index < -0.39 is 0 Å². The van der Waals surface area contributed by atoms with Crippen LogP contribution in [-0.2, 0) is 13.1 Å². The highest BCUT2D eigenvalue weighted by Gasteiger charge is 2.11. The summed E-state index contributed by atoms with van der Waals surface area (Å²) in [6.07, 6.45) is 6.22. The first-order valence-corrected chi connectivity index (χ1v) is 9.27. The summed E-state index contributed by atoms with van der Waals surface area (Å²) in [6, 6.07) is 11.2. The number of hydrogen-bond donors (Lipinski definition) is 1. The number of nitrogens with one attached hydrogen (secondary N) is 1. The quantitative estimate of drug-likeness (QED) is 0.543. The third kappa shape index (κ3) is 3.91. The molecule has 4 aromatic rings. The predicted octanol–water partition coefficient (Wildman–Crippen LogP) is 1.77. The zero-order valence-corrected chi connectivity index (χ0v) is 15.9. The van der Waals surface area contributed by atoms with Crippen LogP contribution in [0.1, 0.15) is 21.5 Å². The number of pyridine rings is 1. The molecule has 3 heterocycles. The van der Waals surface area contributed by atoms with Gasteiger partial charge < -0.3 is 5.32 Å². The molecule has 4 rings (SSSR count). The Bertz CT molecular complexity index is 1210. The first kappa shape index (κ1) is 18.5. The summed E-state index contributed by atoms with van der Waals surface area (Å²) in [7, 11) is 0. The minimum absolute atomic E-state index is 0.134. The van der Waals surface area contributed by atoms with Crippen molar-refractivity contribution >= 4 is 16.9 Å². The second-order valence-corrected chi connectivity index (χ2v) is 6.70.